The van der Waals surface area contributed by atoms with E-state index in [0.717, 1.165) is 71.2 Å². The van der Waals surface area contributed by atoms with Crippen LogP contribution >= 0.6 is 0 Å². The zero-order valence-electron chi connectivity index (χ0n) is 19.7. The number of hydrogen-bond donors (Lipinski definition) is 2. The minimum Gasteiger partial charge on any atom is -0.350 e. The number of rotatable bonds is 6. The second-order valence-electron chi connectivity index (χ2n) is 10.0. The Labute approximate surface area is 188 Å². The lowest BCUT2D eigenvalue weighted by Crippen LogP contribution is -2.64. The molecule has 0 spiro atoms. The molecule has 0 radical (unpaired) electrons. The van der Waals surface area contributed by atoms with E-state index in [1.807, 2.05) is 0 Å². The Bertz CT molecular complexity index is 625. The Morgan fingerprint density at radius 1 is 1.03 bits per heavy atom. The molecule has 2 N–H and O–H groups in total. The number of nitrogens with one attached hydrogen (secondary N) is 2. The molecule has 4 aliphatic rings. The number of likely N-dealkylation sites (tertiary alicyclic amines) is 1. The summed E-state index contributed by atoms with van der Waals surface area (Å²) in [6.07, 6.45) is 9.66. The maximum absolute atomic E-state index is 13.9. The second kappa shape index (κ2) is 10.6. The van der Waals surface area contributed by atoms with Gasteiger partial charge in [0.2, 0.25) is 11.8 Å². The van der Waals surface area contributed by atoms with Crippen molar-refractivity contribution < 1.29 is 9.59 Å². The summed E-state index contributed by atoms with van der Waals surface area (Å²) in [6.45, 7) is 10.1. The van der Waals surface area contributed by atoms with Gasteiger partial charge < -0.3 is 15.1 Å². The van der Waals surface area contributed by atoms with Gasteiger partial charge in [-0.1, -0.05) is 33.1 Å². The van der Waals surface area contributed by atoms with Gasteiger partial charge >= 0.3 is 0 Å². The Kier molecular flexibility index (Phi) is 7.88. The molecule has 4 fully saturated rings. The van der Waals surface area contributed by atoms with Crippen molar-refractivity contribution in [2.24, 2.45) is 5.92 Å². The summed E-state index contributed by atoms with van der Waals surface area (Å²) in [6, 6.07) is 0.554. The molecule has 7 nitrogen and oxygen atoms in total. The van der Waals surface area contributed by atoms with Crippen molar-refractivity contribution in [3.8, 4) is 0 Å². The van der Waals surface area contributed by atoms with Gasteiger partial charge in [-0.05, 0) is 64.7 Å². The second-order valence-corrected chi connectivity index (χ2v) is 10.0. The molecule has 3 heterocycles. The first kappa shape index (κ1) is 23.0. The molecule has 3 saturated heterocycles. The first-order valence-corrected chi connectivity index (χ1v) is 12.9. The fraction of sp³-hybridized carbons (Fsp3) is 0.917. The monoisotopic (exact) mass is 433 g/mol. The van der Waals surface area contributed by atoms with E-state index in [1.165, 1.54) is 19.3 Å². The van der Waals surface area contributed by atoms with Gasteiger partial charge in [0.25, 0.3) is 0 Å². The van der Waals surface area contributed by atoms with E-state index in [0.29, 0.717) is 12.6 Å². The van der Waals surface area contributed by atoms with Gasteiger partial charge in [-0.15, -0.1) is 0 Å². The summed E-state index contributed by atoms with van der Waals surface area (Å²) >= 11 is 0. The summed E-state index contributed by atoms with van der Waals surface area (Å²) < 4.78 is 0. The summed E-state index contributed by atoms with van der Waals surface area (Å²) in [5.74, 6) is 0.359. The summed E-state index contributed by atoms with van der Waals surface area (Å²) in [7, 11) is 0. The molecule has 5 atom stereocenters. The van der Waals surface area contributed by atoms with Crippen LogP contribution in [-0.2, 0) is 9.59 Å². The molecular formula is C24H43N5O2. The highest BCUT2D eigenvalue weighted by molar-refractivity contribution is 5.84. The fourth-order valence-electron chi connectivity index (χ4n) is 6.41. The molecule has 5 unspecified atom stereocenters. The molecule has 4 rings (SSSR count). The van der Waals surface area contributed by atoms with Crippen molar-refractivity contribution in [3.05, 3.63) is 0 Å². The van der Waals surface area contributed by atoms with Crippen molar-refractivity contribution in [3.63, 3.8) is 0 Å². The van der Waals surface area contributed by atoms with Crippen LogP contribution in [0.5, 0.6) is 0 Å². The Hall–Kier alpha value is -1.18. The van der Waals surface area contributed by atoms with E-state index in [1.54, 1.807) is 0 Å². The van der Waals surface area contributed by atoms with Crippen molar-refractivity contribution in [1.29, 1.82) is 0 Å². The fourth-order valence-corrected chi connectivity index (χ4v) is 6.41. The molecule has 3 aliphatic heterocycles. The minimum absolute atomic E-state index is 0.0436. The van der Waals surface area contributed by atoms with Crippen molar-refractivity contribution >= 4 is 11.8 Å². The lowest BCUT2D eigenvalue weighted by Gasteiger charge is -2.45. The molecule has 176 valence electrons. The van der Waals surface area contributed by atoms with Crippen LogP contribution in [0.2, 0.25) is 0 Å². The van der Waals surface area contributed by atoms with Gasteiger partial charge in [-0.25, -0.2) is 0 Å². The van der Waals surface area contributed by atoms with Gasteiger partial charge in [0.05, 0.1) is 18.5 Å². The average molecular weight is 434 g/mol. The predicted octanol–water partition coefficient (Wildman–Crippen LogP) is 1.78. The normalized spacial score (nSPS) is 34.6. The molecule has 1 saturated carbocycles. The molecule has 0 aromatic heterocycles. The summed E-state index contributed by atoms with van der Waals surface area (Å²) in [5.41, 5.74) is 0. The van der Waals surface area contributed by atoms with Crippen LogP contribution in [0, 0.1) is 5.92 Å². The van der Waals surface area contributed by atoms with E-state index < -0.39 is 0 Å². The van der Waals surface area contributed by atoms with Crippen LogP contribution in [0.3, 0.4) is 0 Å². The van der Waals surface area contributed by atoms with Crippen molar-refractivity contribution in [2.45, 2.75) is 95.9 Å². The average Bonchev–Trinajstić information content (AvgIpc) is 2.92. The number of nitrogens with zero attached hydrogens (tertiary/aromatic N) is 3. The van der Waals surface area contributed by atoms with Gasteiger partial charge in [0.1, 0.15) is 6.17 Å². The number of amides is 2. The Morgan fingerprint density at radius 2 is 1.81 bits per heavy atom. The summed E-state index contributed by atoms with van der Waals surface area (Å²) in [4.78, 5) is 34.0. The number of piperidine rings is 2. The maximum Gasteiger partial charge on any atom is 0.238 e. The first-order chi connectivity index (χ1) is 15.1. The molecule has 1 aliphatic carbocycles. The number of carbonyl (C=O) groups is 2. The predicted molar refractivity (Wildman–Crippen MR) is 123 cm³/mol. The third kappa shape index (κ3) is 5.09. The standard InChI is InChI=1S/C24H43N5O2/c1-3-27(4-2)16-18-10-7-8-15-28(18)17-22(30)29-21-13-6-5-11-19(21)24(31)26-20-12-9-14-25-23(20)29/h18-21,23,25H,3-17H2,1-2H3,(H,26,31). The SMILES string of the molecule is CCN(CC)CC1CCCCN1CC(=O)N1C2CCCCC2C(=O)NC2CCCNC21. The van der Waals surface area contributed by atoms with Crippen LogP contribution in [0.1, 0.15) is 71.6 Å². The molecule has 0 aromatic carbocycles. The zero-order valence-corrected chi connectivity index (χ0v) is 19.7. The highest BCUT2D eigenvalue weighted by Crippen LogP contribution is 2.34. The molecule has 7 heteroatoms. The highest BCUT2D eigenvalue weighted by atomic mass is 16.2. The molecular weight excluding hydrogens is 390 g/mol. The lowest BCUT2D eigenvalue weighted by atomic mass is 9.83. The molecule has 31 heavy (non-hydrogen) atoms. The van der Waals surface area contributed by atoms with Crippen LogP contribution in [0.15, 0.2) is 0 Å². The van der Waals surface area contributed by atoms with E-state index in [4.69, 9.17) is 0 Å². The van der Waals surface area contributed by atoms with Gasteiger partial charge in [0, 0.05) is 18.6 Å². The van der Waals surface area contributed by atoms with Gasteiger partial charge in [-0.3, -0.25) is 19.8 Å². The number of hydrogen-bond acceptors (Lipinski definition) is 5. The van der Waals surface area contributed by atoms with Crippen LogP contribution in [0.4, 0.5) is 0 Å². The topological polar surface area (TPSA) is 67.9 Å². The van der Waals surface area contributed by atoms with Crippen LogP contribution in [0.25, 0.3) is 0 Å². The van der Waals surface area contributed by atoms with E-state index in [9.17, 15) is 9.59 Å². The lowest BCUT2D eigenvalue weighted by molar-refractivity contribution is -0.143. The highest BCUT2D eigenvalue weighted by Gasteiger charge is 2.47. The van der Waals surface area contributed by atoms with Gasteiger partial charge in [0.15, 0.2) is 0 Å². The van der Waals surface area contributed by atoms with Crippen LogP contribution in [-0.4, -0.2) is 90.1 Å². The number of likely N-dealkylation sites (N-methyl/N-ethyl adjacent to an activating group) is 1. The first-order valence-electron chi connectivity index (χ1n) is 12.9. The number of fused-ring (bicyclic) bond motifs is 2. The molecule has 0 aromatic rings. The Morgan fingerprint density at radius 3 is 2.61 bits per heavy atom. The Balaban J connectivity index is 1.53. The van der Waals surface area contributed by atoms with Crippen molar-refractivity contribution in [1.82, 2.24) is 25.3 Å². The smallest absolute Gasteiger partial charge is 0.238 e. The largest absolute Gasteiger partial charge is 0.350 e. The van der Waals surface area contributed by atoms with E-state index >= 15 is 0 Å². The van der Waals surface area contributed by atoms with Crippen molar-refractivity contribution in [2.75, 3.05) is 39.3 Å². The van der Waals surface area contributed by atoms with Crippen LogP contribution < -0.4 is 10.6 Å². The molecule has 0 bridgehead atoms. The minimum atomic E-state index is -0.0516. The number of carbonyl (C=O) groups excluding carboxylic acids is 2. The van der Waals surface area contributed by atoms with E-state index in [-0.39, 0.29) is 36.0 Å². The van der Waals surface area contributed by atoms with Gasteiger partial charge in [-0.2, -0.15) is 0 Å². The van der Waals surface area contributed by atoms with E-state index in [2.05, 4.69) is 39.2 Å². The third-order valence-corrected chi connectivity index (χ3v) is 8.22. The summed E-state index contributed by atoms with van der Waals surface area (Å²) in [5, 5.41) is 6.91. The zero-order chi connectivity index (χ0) is 21.8. The maximum atomic E-state index is 13.9. The molecule has 2 amide bonds. The third-order valence-electron chi connectivity index (χ3n) is 8.22. The quantitative estimate of drug-likeness (QED) is 0.668.